The first-order chi connectivity index (χ1) is 10.2. The van der Waals surface area contributed by atoms with Crippen LogP contribution in [0.4, 0.5) is 5.69 Å². The number of benzene rings is 1. The maximum absolute atomic E-state index is 12.1. The second-order valence-electron chi connectivity index (χ2n) is 4.44. The summed E-state index contributed by atoms with van der Waals surface area (Å²) in [7, 11) is 0. The fourth-order valence-corrected chi connectivity index (χ4v) is 1.86. The number of nitrogens with zero attached hydrogens (tertiary/aromatic N) is 1. The van der Waals surface area contributed by atoms with Crippen molar-refractivity contribution in [1.29, 1.82) is 0 Å². The molecule has 108 valence electrons. The molecule has 5 heteroatoms. The molecule has 0 aliphatic heterocycles. The molecule has 2 N–H and O–H groups in total. The molecule has 0 unspecified atom stereocenters. The van der Waals surface area contributed by atoms with Crippen LogP contribution < -0.4 is 10.6 Å². The number of nitrogens with one attached hydrogen (secondary N) is 2. The molecular weight excluding hydrogens is 286 g/mol. The second-order valence-corrected chi connectivity index (χ2v) is 4.88. The number of pyridine rings is 1. The predicted molar refractivity (Wildman–Crippen MR) is 85.5 cm³/mol. The van der Waals surface area contributed by atoms with Gasteiger partial charge in [-0.15, -0.1) is 6.58 Å². The van der Waals surface area contributed by atoms with Gasteiger partial charge in [0.1, 0.15) is 0 Å². The number of amides is 1. The average Bonchev–Trinajstić information content (AvgIpc) is 2.52. The van der Waals surface area contributed by atoms with Crippen LogP contribution in [0.3, 0.4) is 0 Å². The maximum Gasteiger partial charge on any atom is 0.253 e. The van der Waals surface area contributed by atoms with Crippen molar-refractivity contribution in [2.24, 2.45) is 0 Å². The van der Waals surface area contributed by atoms with Crippen molar-refractivity contribution < 1.29 is 4.79 Å². The van der Waals surface area contributed by atoms with Gasteiger partial charge in [0.05, 0.1) is 11.3 Å². The van der Waals surface area contributed by atoms with Gasteiger partial charge in [0.25, 0.3) is 5.91 Å². The van der Waals surface area contributed by atoms with Gasteiger partial charge < -0.3 is 10.6 Å². The van der Waals surface area contributed by atoms with Crippen LogP contribution in [0.15, 0.2) is 55.4 Å². The summed E-state index contributed by atoms with van der Waals surface area (Å²) in [6.07, 6.45) is 4.95. The highest BCUT2D eigenvalue weighted by molar-refractivity contribution is 6.30. The Kier molecular flexibility index (Phi) is 5.35. The molecule has 0 fully saturated rings. The minimum atomic E-state index is -0.167. The molecule has 0 atom stereocenters. The Labute approximate surface area is 128 Å². The van der Waals surface area contributed by atoms with Crippen LogP contribution in [0.25, 0.3) is 0 Å². The summed E-state index contributed by atoms with van der Waals surface area (Å²) in [6, 6.07) is 9.11. The van der Waals surface area contributed by atoms with E-state index >= 15 is 0 Å². The molecule has 0 saturated heterocycles. The first-order valence-electron chi connectivity index (χ1n) is 6.51. The summed E-state index contributed by atoms with van der Waals surface area (Å²) >= 11 is 5.82. The minimum absolute atomic E-state index is 0.167. The number of anilines is 1. The lowest BCUT2D eigenvalue weighted by molar-refractivity contribution is 0.0950. The zero-order valence-electron chi connectivity index (χ0n) is 11.5. The number of aromatic nitrogens is 1. The highest BCUT2D eigenvalue weighted by atomic mass is 35.5. The van der Waals surface area contributed by atoms with Crippen molar-refractivity contribution in [2.75, 3.05) is 11.9 Å². The molecule has 1 heterocycles. The fourth-order valence-electron chi connectivity index (χ4n) is 1.74. The summed E-state index contributed by atoms with van der Waals surface area (Å²) in [5, 5.41) is 6.62. The first kappa shape index (κ1) is 15.1. The SMILES string of the molecule is C=CCNc1cncc(C(=O)NCc2ccc(Cl)cc2)c1. The number of carbonyl (C=O) groups is 1. The first-order valence-corrected chi connectivity index (χ1v) is 6.89. The molecule has 0 spiro atoms. The van der Waals surface area contributed by atoms with Crippen LogP contribution in [0.5, 0.6) is 0 Å². The van der Waals surface area contributed by atoms with Crippen LogP contribution in [-0.4, -0.2) is 17.4 Å². The number of rotatable bonds is 6. The molecule has 0 aliphatic rings. The Morgan fingerprint density at radius 3 is 2.76 bits per heavy atom. The third-order valence-corrected chi connectivity index (χ3v) is 3.07. The molecule has 21 heavy (non-hydrogen) atoms. The van der Waals surface area contributed by atoms with E-state index in [0.29, 0.717) is 23.7 Å². The summed E-state index contributed by atoms with van der Waals surface area (Å²) in [5.41, 5.74) is 2.29. The molecule has 2 rings (SSSR count). The number of hydrogen-bond donors (Lipinski definition) is 2. The lowest BCUT2D eigenvalue weighted by Gasteiger charge is -2.07. The van der Waals surface area contributed by atoms with Gasteiger partial charge in [0.15, 0.2) is 0 Å². The van der Waals surface area contributed by atoms with Gasteiger partial charge in [-0.25, -0.2) is 0 Å². The Morgan fingerprint density at radius 1 is 1.29 bits per heavy atom. The summed E-state index contributed by atoms with van der Waals surface area (Å²) in [4.78, 5) is 16.1. The molecule has 1 aromatic heterocycles. The Bertz CT molecular complexity index is 626. The van der Waals surface area contributed by atoms with Crippen LogP contribution in [0.1, 0.15) is 15.9 Å². The Hall–Kier alpha value is -2.33. The topological polar surface area (TPSA) is 54.0 Å². The minimum Gasteiger partial charge on any atom is -0.380 e. The third-order valence-electron chi connectivity index (χ3n) is 2.82. The zero-order chi connectivity index (χ0) is 15.1. The largest absolute Gasteiger partial charge is 0.380 e. The van der Waals surface area contributed by atoms with E-state index in [4.69, 9.17) is 11.6 Å². The molecule has 0 bridgehead atoms. The lowest BCUT2D eigenvalue weighted by atomic mass is 10.2. The molecule has 1 aromatic carbocycles. The molecule has 0 radical (unpaired) electrons. The van der Waals surface area contributed by atoms with Crippen molar-refractivity contribution in [3.63, 3.8) is 0 Å². The van der Waals surface area contributed by atoms with Crippen molar-refractivity contribution in [3.05, 3.63) is 71.5 Å². The van der Waals surface area contributed by atoms with Gasteiger partial charge >= 0.3 is 0 Å². The van der Waals surface area contributed by atoms with E-state index in [1.807, 2.05) is 12.1 Å². The van der Waals surface area contributed by atoms with Crippen LogP contribution in [0, 0.1) is 0 Å². The predicted octanol–water partition coefficient (Wildman–Crippen LogP) is 3.26. The van der Waals surface area contributed by atoms with Crippen molar-refractivity contribution in [1.82, 2.24) is 10.3 Å². The molecule has 0 aliphatic carbocycles. The highest BCUT2D eigenvalue weighted by Crippen LogP contribution is 2.10. The van der Waals surface area contributed by atoms with Crippen molar-refractivity contribution in [2.45, 2.75) is 6.54 Å². The van der Waals surface area contributed by atoms with E-state index in [9.17, 15) is 4.79 Å². The van der Waals surface area contributed by atoms with Gasteiger partial charge in [0, 0.05) is 30.5 Å². The van der Waals surface area contributed by atoms with Gasteiger partial charge in [-0.1, -0.05) is 29.8 Å². The summed E-state index contributed by atoms with van der Waals surface area (Å²) in [5.74, 6) is -0.167. The molecule has 0 saturated carbocycles. The van der Waals surface area contributed by atoms with E-state index in [1.54, 1.807) is 30.5 Å². The fraction of sp³-hybridized carbons (Fsp3) is 0.125. The van der Waals surface area contributed by atoms with E-state index in [0.717, 1.165) is 11.3 Å². The standard InChI is InChI=1S/C16H16ClN3O/c1-2-7-19-15-8-13(10-18-11-15)16(21)20-9-12-3-5-14(17)6-4-12/h2-6,8,10-11,19H,1,7,9H2,(H,20,21). The van der Waals surface area contributed by atoms with E-state index in [1.165, 1.54) is 6.20 Å². The summed E-state index contributed by atoms with van der Waals surface area (Å²) in [6.45, 7) is 4.70. The molecular formula is C16H16ClN3O. The van der Waals surface area contributed by atoms with Crippen molar-refractivity contribution in [3.8, 4) is 0 Å². The maximum atomic E-state index is 12.1. The van der Waals surface area contributed by atoms with Crippen LogP contribution in [-0.2, 0) is 6.54 Å². The third kappa shape index (κ3) is 4.61. The Balaban J connectivity index is 1.96. The molecule has 2 aromatic rings. The number of hydrogen-bond acceptors (Lipinski definition) is 3. The smallest absolute Gasteiger partial charge is 0.253 e. The van der Waals surface area contributed by atoms with Crippen LogP contribution >= 0.6 is 11.6 Å². The molecule has 1 amide bonds. The normalized spacial score (nSPS) is 9.95. The Morgan fingerprint density at radius 2 is 2.05 bits per heavy atom. The van der Waals surface area contributed by atoms with E-state index in [2.05, 4.69) is 22.2 Å². The zero-order valence-corrected chi connectivity index (χ0v) is 12.2. The highest BCUT2D eigenvalue weighted by Gasteiger charge is 2.06. The number of carbonyl (C=O) groups excluding carboxylic acids is 1. The van der Waals surface area contributed by atoms with Gasteiger partial charge in [0.2, 0.25) is 0 Å². The monoisotopic (exact) mass is 301 g/mol. The summed E-state index contributed by atoms with van der Waals surface area (Å²) < 4.78 is 0. The number of halogens is 1. The van der Waals surface area contributed by atoms with Gasteiger partial charge in [-0.2, -0.15) is 0 Å². The quantitative estimate of drug-likeness (QED) is 0.805. The van der Waals surface area contributed by atoms with Crippen molar-refractivity contribution >= 4 is 23.2 Å². The molecule has 4 nitrogen and oxygen atoms in total. The van der Waals surface area contributed by atoms with Gasteiger partial charge in [-0.05, 0) is 23.8 Å². The average molecular weight is 302 g/mol. The van der Waals surface area contributed by atoms with E-state index in [-0.39, 0.29) is 5.91 Å². The lowest BCUT2D eigenvalue weighted by Crippen LogP contribution is -2.23. The second kappa shape index (κ2) is 7.45. The van der Waals surface area contributed by atoms with E-state index < -0.39 is 0 Å². The van der Waals surface area contributed by atoms with Crippen LogP contribution in [0.2, 0.25) is 5.02 Å². The van der Waals surface area contributed by atoms with Gasteiger partial charge in [-0.3, -0.25) is 9.78 Å².